The molecule has 13 heteroatoms. The number of carbonyl (C=O) groups is 2. The lowest BCUT2D eigenvalue weighted by atomic mass is 10.1. The number of amides is 1. The quantitative estimate of drug-likeness (QED) is 0.298. The van der Waals surface area contributed by atoms with E-state index in [1.165, 1.54) is 0 Å². The summed E-state index contributed by atoms with van der Waals surface area (Å²) in [6.07, 6.45) is 0.866. The number of ether oxygens (including phenoxy) is 2. The predicted molar refractivity (Wildman–Crippen MR) is 171 cm³/mol. The number of nitrogens with zero attached hydrogens (tertiary/aromatic N) is 5. The van der Waals surface area contributed by atoms with Crippen LogP contribution in [0.15, 0.2) is 59.5 Å². The highest BCUT2D eigenvalue weighted by Crippen LogP contribution is 2.44. The van der Waals surface area contributed by atoms with Crippen LogP contribution in [-0.2, 0) is 20.5 Å². The van der Waals surface area contributed by atoms with E-state index in [1.807, 2.05) is 37.1 Å². The van der Waals surface area contributed by atoms with E-state index in [1.54, 1.807) is 55.6 Å². The summed E-state index contributed by atoms with van der Waals surface area (Å²) in [4.78, 5) is 35.2. The van der Waals surface area contributed by atoms with Crippen LogP contribution in [0.5, 0.6) is 5.75 Å². The molecule has 0 unspecified atom stereocenters. The summed E-state index contributed by atoms with van der Waals surface area (Å²) in [5.41, 5.74) is 0.311. The lowest BCUT2D eigenvalue weighted by molar-refractivity contribution is -0.948. The lowest BCUT2D eigenvalue weighted by Crippen LogP contribution is -2.60. The molecular weight excluding hydrogens is 619 g/mol. The molecule has 0 N–H and O–H groups in total. The third-order valence-electron chi connectivity index (χ3n) is 8.40. The number of hydrogen-bond donors (Lipinski definition) is 0. The highest BCUT2D eigenvalue weighted by atomic mass is 32.2. The van der Waals surface area contributed by atoms with E-state index in [0.717, 1.165) is 11.8 Å². The van der Waals surface area contributed by atoms with Crippen LogP contribution in [0.4, 0.5) is 18.9 Å². The average molecular weight is 659 g/mol. The van der Waals surface area contributed by atoms with Gasteiger partial charge in [-0.1, -0.05) is 12.1 Å². The second kappa shape index (κ2) is 11.9. The van der Waals surface area contributed by atoms with E-state index in [9.17, 15) is 22.8 Å². The smallest absolute Gasteiger partial charge is 0.433 e. The van der Waals surface area contributed by atoms with Crippen molar-refractivity contribution < 1.29 is 36.8 Å². The number of thioether (sulfide) groups is 1. The van der Waals surface area contributed by atoms with Gasteiger partial charge in [-0.25, -0.2) is 9.78 Å². The summed E-state index contributed by atoms with van der Waals surface area (Å²) in [5, 5.41) is 2.76. The summed E-state index contributed by atoms with van der Waals surface area (Å²) < 4.78 is 54.0. The molecule has 4 aliphatic heterocycles. The van der Waals surface area contributed by atoms with Gasteiger partial charge in [0, 0.05) is 42.5 Å². The minimum atomic E-state index is -4.63. The first kappa shape index (κ1) is 32.4. The topological polar surface area (TPSA) is 75.2 Å². The number of pyridine rings is 1. The molecule has 246 valence electrons. The van der Waals surface area contributed by atoms with Crippen molar-refractivity contribution in [1.82, 2.24) is 14.9 Å². The Hall–Kier alpha value is -3.55. The molecule has 1 aromatic carbocycles. The Balaban J connectivity index is 1.31. The molecule has 1 aromatic heterocycles. The molecule has 1 atom stereocenters. The maximum Gasteiger partial charge on any atom is 0.433 e. The Labute approximate surface area is 270 Å². The van der Waals surface area contributed by atoms with Gasteiger partial charge in [0.1, 0.15) is 40.9 Å². The number of quaternary nitrogens is 1. The maximum absolute atomic E-state index is 14.1. The minimum absolute atomic E-state index is 0.159. The Kier molecular flexibility index (Phi) is 8.39. The largest absolute Gasteiger partial charge is 0.489 e. The first-order valence-electron chi connectivity index (χ1n) is 15.5. The predicted octanol–water partition coefficient (Wildman–Crippen LogP) is 5.49. The molecule has 5 heterocycles. The summed E-state index contributed by atoms with van der Waals surface area (Å²) in [6.45, 7) is 11.7. The van der Waals surface area contributed by atoms with Gasteiger partial charge in [-0.3, -0.25) is 4.79 Å². The molecule has 46 heavy (non-hydrogen) atoms. The van der Waals surface area contributed by atoms with Crippen molar-refractivity contribution >= 4 is 40.2 Å². The number of piperazine rings is 1. The molecule has 0 aliphatic carbocycles. The fraction of sp³-hybridized carbons (Fsp3) is 0.485. The summed E-state index contributed by atoms with van der Waals surface area (Å²) >= 11 is 1.68. The summed E-state index contributed by atoms with van der Waals surface area (Å²) in [7, 11) is 0. The average Bonchev–Trinajstić information content (AvgIpc) is 3.72. The molecule has 2 aromatic rings. The zero-order chi connectivity index (χ0) is 33.0. The van der Waals surface area contributed by atoms with Crippen LogP contribution >= 0.6 is 11.8 Å². The maximum atomic E-state index is 14.1. The van der Waals surface area contributed by atoms with Crippen molar-refractivity contribution in [2.24, 2.45) is 0 Å². The number of esters is 1. The summed E-state index contributed by atoms with van der Waals surface area (Å²) in [6, 6.07) is 6.30. The number of hydrogen-bond acceptors (Lipinski definition) is 8. The Morgan fingerprint density at radius 3 is 2.43 bits per heavy atom. The number of alkyl halides is 3. The zero-order valence-electron chi connectivity index (χ0n) is 26.7. The molecule has 1 amide bonds. The van der Waals surface area contributed by atoms with E-state index >= 15 is 0 Å². The molecule has 0 saturated carbocycles. The standard InChI is InChI=1S/C33H39F3N5O4S/c1-21(2)44-26-10-6-8-22-24(18-27(33(34,35)36)37-29(22)26)38-11-13-40(14-12-38)41-16-7-9-25(41)28(31(43)45-32(3,4)5)23(19-41)30(42)39-15-17-46-20-39/h6-10,16,18,21H,11-15,17,19-20H2,1-5H3/q+1/t41-/m1/s1. The number of allylic oxidation sites excluding steroid dienone is 2. The Morgan fingerprint density at radius 2 is 1.80 bits per heavy atom. The van der Waals surface area contributed by atoms with E-state index in [0.29, 0.717) is 72.3 Å². The van der Waals surface area contributed by atoms with E-state index in [2.05, 4.69) is 9.99 Å². The van der Waals surface area contributed by atoms with Crippen molar-refractivity contribution in [3.63, 3.8) is 0 Å². The third kappa shape index (κ3) is 6.00. The number of anilines is 1. The van der Waals surface area contributed by atoms with Crippen LogP contribution in [0.1, 0.15) is 40.3 Å². The lowest BCUT2D eigenvalue weighted by Gasteiger charge is -2.44. The van der Waals surface area contributed by atoms with Crippen molar-refractivity contribution in [3.05, 3.63) is 65.2 Å². The van der Waals surface area contributed by atoms with Crippen LogP contribution in [0.3, 0.4) is 0 Å². The number of fused-ring (bicyclic) bond motifs is 2. The first-order chi connectivity index (χ1) is 21.7. The van der Waals surface area contributed by atoms with Gasteiger partial charge in [-0.2, -0.15) is 17.8 Å². The fourth-order valence-electron chi connectivity index (χ4n) is 6.47. The van der Waals surface area contributed by atoms with Gasteiger partial charge >= 0.3 is 12.1 Å². The number of halogens is 3. The molecule has 0 spiro atoms. The fourth-order valence-corrected chi connectivity index (χ4v) is 7.42. The second-order valence-corrected chi connectivity index (χ2v) is 14.2. The van der Waals surface area contributed by atoms with Gasteiger partial charge in [0.05, 0.1) is 30.6 Å². The molecule has 2 saturated heterocycles. The summed E-state index contributed by atoms with van der Waals surface area (Å²) in [5.74, 6) is 1.03. The van der Waals surface area contributed by atoms with Gasteiger partial charge < -0.3 is 19.3 Å². The Morgan fingerprint density at radius 1 is 1.07 bits per heavy atom. The molecular formula is C33H39F3N5O4S+. The van der Waals surface area contributed by atoms with E-state index in [-0.39, 0.29) is 28.7 Å². The monoisotopic (exact) mass is 658 g/mol. The number of aromatic nitrogens is 1. The molecule has 0 radical (unpaired) electrons. The van der Waals surface area contributed by atoms with Gasteiger partial charge in [-0.05, 0) is 52.8 Å². The van der Waals surface area contributed by atoms with Crippen LogP contribution in [0.2, 0.25) is 0 Å². The first-order valence-corrected chi connectivity index (χ1v) is 16.6. The third-order valence-corrected chi connectivity index (χ3v) is 9.36. The number of para-hydroxylation sites is 1. The molecule has 9 nitrogen and oxygen atoms in total. The van der Waals surface area contributed by atoms with E-state index < -0.39 is 23.4 Å². The van der Waals surface area contributed by atoms with Crippen LogP contribution in [0, 0.1) is 0 Å². The van der Waals surface area contributed by atoms with Crippen molar-refractivity contribution in [2.45, 2.75) is 52.5 Å². The molecule has 2 fully saturated rings. The van der Waals surface area contributed by atoms with Crippen molar-refractivity contribution in [3.8, 4) is 5.75 Å². The molecule has 0 bridgehead atoms. The number of carbonyl (C=O) groups excluding carboxylic acids is 2. The molecule has 4 aliphatic rings. The molecule has 6 rings (SSSR count). The van der Waals surface area contributed by atoms with Crippen molar-refractivity contribution in [1.29, 1.82) is 0 Å². The highest BCUT2D eigenvalue weighted by Gasteiger charge is 2.55. The minimum Gasteiger partial charge on any atom is -0.489 e. The normalized spacial score (nSPS) is 22.2. The van der Waals surface area contributed by atoms with Gasteiger partial charge in [0.2, 0.25) is 0 Å². The SMILES string of the molecule is CC(C)Oc1cccc2c(N3CCN([N@@+]45C=CC=C4C(C(=O)OC(C)(C)C)=C(C(=O)N4CCSC4)C5)CC3)cc(C(F)(F)F)nc12. The zero-order valence-corrected chi connectivity index (χ0v) is 27.5. The van der Waals surface area contributed by atoms with Crippen LogP contribution < -0.4 is 9.64 Å². The van der Waals surface area contributed by atoms with Crippen LogP contribution in [-0.4, -0.2) is 94.0 Å². The number of rotatable bonds is 6. The van der Waals surface area contributed by atoms with Gasteiger partial charge in [-0.15, -0.1) is 16.8 Å². The van der Waals surface area contributed by atoms with Gasteiger partial charge in [0.25, 0.3) is 5.91 Å². The van der Waals surface area contributed by atoms with Crippen molar-refractivity contribution in [2.75, 3.05) is 55.8 Å². The highest BCUT2D eigenvalue weighted by molar-refractivity contribution is 7.99. The number of benzene rings is 1. The van der Waals surface area contributed by atoms with Crippen LogP contribution in [0.25, 0.3) is 10.9 Å². The van der Waals surface area contributed by atoms with Gasteiger partial charge in [0.15, 0.2) is 5.70 Å². The van der Waals surface area contributed by atoms with E-state index in [4.69, 9.17) is 9.47 Å². The second-order valence-electron chi connectivity index (χ2n) is 13.1. The Bertz CT molecular complexity index is 1650.